The average molecular weight is 411 g/mol. The number of amides is 1. The SMILES string of the molecule is Cc1ccc(OCCNC(=O)CN(c2ccc(C)c(Cl)c2)S(C)(=O)=O)cc1. The van der Waals surface area contributed by atoms with Crippen molar-refractivity contribution in [1.82, 2.24) is 5.32 Å². The maximum absolute atomic E-state index is 12.2. The molecule has 0 aromatic heterocycles. The number of anilines is 1. The number of hydrogen-bond acceptors (Lipinski definition) is 4. The van der Waals surface area contributed by atoms with Gasteiger partial charge in [-0.25, -0.2) is 8.42 Å². The van der Waals surface area contributed by atoms with Crippen LogP contribution in [0.25, 0.3) is 0 Å². The van der Waals surface area contributed by atoms with Crippen LogP contribution in [-0.2, 0) is 14.8 Å². The average Bonchev–Trinajstić information content (AvgIpc) is 2.60. The van der Waals surface area contributed by atoms with Gasteiger partial charge in [0, 0.05) is 5.02 Å². The number of nitrogens with one attached hydrogen (secondary N) is 1. The first-order valence-corrected chi connectivity index (χ1v) is 10.6. The van der Waals surface area contributed by atoms with Crippen LogP contribution in [0.1, 0.15) is 11.1 Å². The van der Waals surface area contributed by atoms with Crippen molar-refractivity contribution in [3.05, 3.63) is 58.6 Å². The standard InChI is InChI=1S/C19H23ClN2O4S/c1-14-4-8-17(9-5-14)26-11-10-21-19(23)13-22(27(3,24)25)16-7-6-15(2)18(20)12-16/h4-9,12H,10-11,13H2,1-3H3,(H,21,23). The van der Waals surface area contributed by atoms with Gasteiger partial charge in [0.15, 0.2) is 0 Å². The number of nitrogens with zero attached hydrogens (tertiary/aromatic N) is 1. The van der Waals surface area contributed by atoms with E-state index in [0.29, 0.717) is 16.5 Å². The van der Waals surface area contributed by atoms with Gasteiger partial charge in [-0.05, 0) is 43.7 Å². The second-order valence-electron chi connectivity index (χ2n) is 6.21. The Hall–Kier alpha value is -2.25. The van der Waals surface area contributed by atoms with Crippen LogP contribution in [-0.4, -0.2) is 40.3 Å². The van der Waals surface area contributed by atoms with Gasteiger partial charge in [-0.2, -0.15) is 0 Å². The second-order valence-corrected chi connectivity index (χ2v) is 8.53. The summed E-state index contributed by atoms with van der Waals surface area (Å²) >= 11 is 6.08. The summed E-state index contributed by atoms with van der Waals surface area (Å²) in [6.45, 7) is 4.02. The number of ether oxygens (including phenoxy) is 1. The Morgan fingerprint density at radius 3 is 2.41 bits per heavy atom. The highest BCUT2D eigenvalue weighted by atomic mass is 35.5. The first-order valence-electron chi connectivity index (χ1n) is 8.37. The van der Waals surface area contributed by atoms with Gasteiger partial charge in [-0.3, -0.25) is 9.10 Å². The van der Waals surface area contributed by atoms with Crippen LogP contribution in [0, 0.1) is 13.8 Å². The Kier molecular flexibility index (Phi) is 7.10. The first-order chi connectivity index (χ1) is 12.7. The summed E-state index contributed by atoms with van der Waals surface area (Å²) in [5.41, 5.74) is 2.30. The number of halogens is 1. The Labute approximate surface area is 165 Å². The summed E-state index contributed by atoms with van der Waals surface area (Å²) in [5, 5.41) is 3.10. The fraction of sp³-hybridized carbons (Fsp3) is 0.316. The molecule has 0 saturated heterocycles. The van der Waals surface area contributed by atoms with Crippen molar-refractivity contribution in [2.75, 3.05) is 30.3 Å². The molecule has 2 aromatic rings. The van der Waals surface area contributed by atoms with Gasteiger partial charge in [0.1, 0.15) is 18.9 Å². The quantitative estimate of drug-likeness (QED) is 0.679. The third-order valence-corrected chi connectivity index (χ3v) is 5.39. The zero-order valence-corrected chi connectivity index (χ0v) is 17.1. The molecule has 2 aromatic carbocycles. The molecule has 8 heteroatoms. The van der Waals surface area contributed by atoms with Crippen molar-refractivity contribution in [3.8, 4) is 5.75 Å². The van der Waals surface area contributed by atoms with Crippen LogP contribution in [0.3, 0.4) is 0 Å². The molecular formula is C19H23ClN2O4S. The van der Waals surface area contributed by atoms with Gasteiger partial charge in [-0.1, -0.05) is 35.4 Å². The lowest BCUT2D eigenvalue weighted by Gasteiger charge is -2.22. The minimum atomic E-state index is -3.64. The van der Waals surface area contributed by atoms with E-state index in [1.807, 2.05) is 38.1 Å². The maximum atomic E-state index is 12.2. The Morgan fingerprint density at radius 2 is 1.81 bits per heavy atom. The largest absolute Gasteiger partial charge is 0.492 e. The van der Waals surface area contributed by atoms with Crippen LogP contribution in [0.5, 0.6) is 5.75 Å². The summed E-state index contributed by atoms with van der Waals surface area (Å²) in [6.07, 6.45) is 1.05. The van der Waals surface area contributed by atoms with Gasteiger partial charge in [0.25, 0.3) is 0 Å². The lowest BCUT2D eigenvalue weighted by Crippen LogP contribution is -2.41. The fourth-order valence-electron chi connectivity index (χ4n) is 2.32. The van der Waals surface area contributed by atoms with E-state index in [-0.39, 0.29) is 19.7 Å². The maximum Gasteiger partial charge on any atom is 0.240 e. The molecule has 0 aliphatic rings. The molecule has 0 fully saturated rings. The molecule has 0 heterocycles. The summed E-state index contributed by atoms with van der Waals surface area (Å²) in [7, 11) is -3.64. The molecule has 1 amide bonds. The summed E-state index contributed by atoms with van der Waals surface area (Å²) in [4.78, 5) is 12.2. The lowest BCUT2D eigenvalue weighted by atomic mass is 10.2. The molecule has 0 aliphatic heterocycles. The number of benzene rings is 2. The van der Waals surface area contributed by atoms with Gasteiger partial charge >= 0.3 is 0 Å². The summed E-state index contributed by atoms with van der Waals surface area (Å²) < 4.78 is 30.7. The second kappa shape index (κ2) is 9.10. The third kappa shape index (κ3) is 6.45. The lowest BCUT2D eigenvalue weighted by molar-refractivity contribution is -0.119. The normalized spacial score (nSPS) is 11.1. The van der Waals surface area contributed by atoms with Crippen molar-refractivity contribution >= 4 is 33.2 Å². The Bertz CT molecular complexity index is 898. The van der Waals surface area contributed by atoms with Crippen LogP contribution >= 0.6 is 11.6 Å². The molecule has 0 atom stereocenters. The molecule has 0 aliphatic carbocycles. The van der Waals surface area contributed by atoms with Gasteiger partial charge in [0.05, 0.1) is 18.5 Å². The monoisotopic (exact) mass is 410 g/mol. The molecule has 146 valence electrons. The van der Waals surface area contributed by atoms with Crippen LogP contribution < -0.4 is 14.4 Å². The van der Waals surface area contributed by atoms with Crippen molar-refractivity contribution in [1.29, 1.82) is 0 Å². The van der Waals surface area contributed by atoms with E-state index in [0.717, 1.165) is 21.7 Å². The molecule has 2 rings (SSSR count). The van der Waals surface area contributed by atoms with E-state index in [1.165, 1.54) is 6.07 Å². The zero-order valence-electron chi connectivity index (χ0n) is 15.5. The number of carbonyl (C=O) groups is 1. The van der Waals surface area contributed by atoms with E-state index in [1.54, 1.807) is 12.1 Å². The molecule has 1 N–H and O–H groups in total. The van der Waals surface area contributed by atoms with Gasteiger partial charge < -0.3 is 10.1 Å². The molecule has 0 radical (unpaired) electrons. The van der Waals surface area contributed by atoms with Crippen molar-refractivity contribution in [3.63, 3.8) is 0 Å². The summed E-state index contributed by atoms with van der Waals surface area (Å²) in [5.74, 6) is 0.284. The molecule has 6 nitrogen and oxygen atoms in total. The predicted molar refractivity (Wildman–Crippen MR) is 108 cm³/mol. The highest BCUT2D eigenvalue weighted by Crippen LogP contribution is 2.24. The third-order valence-electron chi connectivity index (χ3n) is 3.84. The summed E-state index contributed by atoms with van der Waals surface area (Å²) in [6, 6.07) is 12.4. The van der Waals surface area contributed by atoms with E-state index in [2.05, 4.69) is 5.32 Å². The first kappa shape index (κ1) is 21.1. The predicted octanol–water partition coefficient (Wildman–Crippen LogP) is 2.92. The molecule has 27 heavy (non-hydrogen) atoms. The highest BCUT2D eigenvalue weighted by Gasteiger charge is 2.21. The molecule has 0 spiro atoms. The van der Waals surface area contributed by atoms with Gasteiger partial charge in [-0.15, -0.1) is 0 Å². The van der Waals surface area contributed by atoms with Crippen LogP contribution in [0.2, 0.25) is 5.02 Å². The topological polar surface area (TPSA) is 75.7 Å². The number of sulfonamides is 1. The van der Waals surface area contributed by atoms with Gasteiger partial charge in [0.2, 0.25) is 15.9 Å². The molecule has 0 saturated carbocycles. The van der Waals surface area contributed by atoms with E-state index >= 15 is 0 Å². The highest BCUT2D eigenvalue weighted by molar-refractivity contribution is 7.92. The Balaban J connectivity index is 1.92. The zero-order chi connectivity index (χ0) is 20.0. The smallest absolute Gasteiger partial charge is 0.240 e. The molecule has 0 unspecified atom stereocenters. The van der Waals surface area contributed by atoms with Crippen LogP contribution in [0.4, 0.5) is 5.69 Å². The fourth-order valence-corrected chi connectivity index (χ4v) is 3.34. The molecular weight excluding hydrogens is 388 g/mol. The number of rotatable bonds is 8. The minimum Gasteiger partial charge on any atom is -0.492 e. The van der Waals surface area contributed by atoms with E-state index < -0.39 is 15.9 Å². The van der Waals surface area contributed by atoms with Crippen LogP contribution in [0.15, 0.2) is 42.5 Å². The van der Waals surface area contributed by atoms with Crippen molar-refractivity contribution in [2.24, 2.45) is 0 Å². The number of aryl methyl sites for hydroxylation is 2. The number of hydrogen-bond donors (Lipinski definition) is 1. The van der Waals surface area contributed by atoms with E-state index in [4.69, 9.17) is 16.3 Å². The minimum absolute atomic E-state index is 0.263. The van der Waals surface area contributed by atoms with Crippen molar-refractivity contribution in [2.45, 2.75) is 13.8 Å². The molecule has 0 bridgehead atoms. The number of carbonyl (C=O) groups excluding carboxylic acids is 1. The van der Waals surface area contributed by atoms with Crippen molar-refractivity contribution < 1.29 is 17.9 Å². The Morgan fingerprint density at radius 1 is 1.15 bits per heavy atom. The van der Waals surface area contributed by atoms with E-state index in [9.17, 15) is 13.2 Å².